The number of likely N-dealkylation sites (tertiary alicyclic amines) is 1. The van der Waals surface area contributed by atoms with Gasteiger partial charge >= 0.3 is 12.4 Å². The first kappa shape index (κ1) is 32.4. The monoisotopic (exact) mass is 617 g/mol. The molecule has 1 fully saturated rings. The standard InChI is InChI=1S/C24H27F8N5O3S/c1-5-14(24(30,31)32)35-15-6-13(23(27,28)29)12(8-33-15)17-16(20(39)37-10-22(25,26)7-11(37)2)36-19(41-17)18(38)34-9-21(3,4)40/h6,8,11,14,40H,5,7,9-10H2,1-4H3,(H,33,35)(H,34,38)/t11-,14?/m0/s1. The second-order valence-electron chi connectivity index (χ2n) is 10.3. The lowest BCUT2D eigenvalue weighted by molar-refractivity contribution is -0.142. The molecule has 2 aromatic heterocycles. The molecule has 0 aromatic carbocycles. The van der Waals surface area contributed by atoms with Gasteiger partial charge in [-0.3, -0.25) is 9.59 Å². The fourth-order valence-corrected chi connectivity index (χ4v) is 5.08. The molecule has 2 atom stereocenters. The van der Waals surface area contributed by atoms with Gasteiger partial charge in [0.1, 0.15) is 17.6 Å². The van der Waals surface area contributed by atoms with E-state index in [-0.39, 0.29) is 6.54 Å². The predicted molar refractivity (Wildman–Crippen MR) is 133 cm³/mol. The number of hydrogen-bond acceptors (Lipinski definition) is 7. The molecule has 1 aliphatic heterocycles. The maximum atomic E-state index is 14.2. The van der Waals surface area contributed by atoms with Crippen LogP contribution in [0.15, 0.2) is 12.3 Å². The highest BCUT2D eigenvalue weighted by Gasteiger charge is 2.47. The van der Waals surface area contributed by atoms with Crippen molar-refractivity contribution in [3.63, 3.8) is 0 Å². The van der Waals surface area contributed by atoms with Crippen molar-refractivity contribution >= 4 is 29.0 Å². The minimum absolute atomic E-state index is 0.299. The lowest BCUT2D eigenvalue weighted by atomic mass is 10.1. The van der Waals surface area contributed by atoms with E-state index in [0.717, 1.165) is 4.90 Å². The van der Waals surface area contributed by atoms with E-state index in [1.807, 2.05) is 5.32 Å². The molecule has 1 aliphatic rings. The third-order valence-corrected chi connectivity index (χ3v) is 7.16. The molecule has 1 unspecified atom stereocenters. The number of carbonyl (C=O) groups excluding carboxylic acids is 2. The van der Waals surface area contributed by atoms with Crippen molar-refractivity contribution in [2.75, 3.05) is 18.4 Å². The molecule has 228 valence electrons. The maximum absolute atomic E-state index is 14.2. The van der Waals surface area contributed by atoms with Gasteiger partial charge in [0, 0.05) is 30.8 Å². The molecule has 3 N–H and O–H groups in total. The summed E-state index contributed by atoms with van der Waals surface area (Å²) in [6.45, 7) is 3.88. The highest BCUT2D eigenvalue weighted by molar-refractivity contribution is 7.17. The Morgan fingerprint density at radius 2 is 1.85 bits per heavy atom. The van der Waals surface area contributed by atoms with Gasteiger partial charge in [-0.05, 0) is 33.3 Å². The van der Waals surface area contributed by atoms with Gasteiger partial charge in [-0.25, -0.2) is 18.7 Å². The topological polar surface area (TPSA) is 107 Å². The first-order valence-corrected chi connectivity index (χ1v) is 13.1. The molecule has 41 heavy (non-hydrogen) atoms. The molecule has 3 heterocycles. The van der Waals surface area contributed by atoms with Crippen molar-refractivity contribution in [3.8, 4) is 10.4 Å². The van der Waals surface area contributed by atoms with E-state index in [2.05, 4.69) is 15.3 Å². The normalized spacial score (nSPS) is 18.4. The summed E-state index contributed by atoms with van der Waals surface area (Å²) in [5, 5.41) is 13.6. The summed E-state index contributed by atoms with van der Waals surface area (Å²) in [6, 6.07) is -2.88. The molecule has 0 radical (unpaired) electrons. The summed E-state index contributed by atoms with van der Waals surface area (Å²) in [5.74, 6) is -6.15. The number of anilines is 1. The van der Waals surface area contributed by atoms with Crippen molar-refractivity contribution in [1.29, 1.82) is 0 Å². The van der Waals surface area contributed by atoms with Crippen LogP contribution in [0.5, 0.6) is 0 Å². The van der Waals surface area contributed by atoms with Crippen LogP contribution in [0.4, 0.5) is 40.9 Å². The van der Waals surface area contributed by atoms with Crippen molar-refractivity contribution in [2.45, 2.75) is 76.5 Å². The smallest absolute Gasteiger partial charge is 0.389 e. The number of nitrogens with zero attached hydrogens (tertiary/aromatic N) is 3. The number of aromatic nitrogens is 2. The third-order valence-electron chi connectivity index (χ3n) is 6.07. The highest BCUT2D eigenvalue weighted by atomic mass is 32.1. The number of nitrogens with one attached hydrogen (secondary N) is 2. The molecule has 0 bridgehead atoms. The van der Waals surface area contributed by atoms with E-state index in [9.17, 15) is 49.8 Å². The summed E-state index contributed by atoms with van der Waals surface area (Å²) in [4.78, 5) is 33.8. The lowest BCUT2D eigenvalue weighted by Crippen LogP contribution is -2.38. The van der Waals surface area contributed by atoms with Crippen LogP contribution < -0.4 is 10.6 Å². The van der Waals surface area contributed by atoms with Gasteiger partial charge in [0.25, 0.3) is 17.7 Å². The van der Waals surface area contributed by atoms with Crippen LogP contribution >= 0.6 is 11.3 Å². The Hall–Kier alpha value is -3.08. The number of hydrogen-bond donors (Lipinski definition) is 3. The van der Waals surface area contributed by atoms with Crippen LogP contribution in [0.3, 0.4) is 0 Å². The van der Waals surface area contributed by atoms with Crippen LogP contribution in [-0.2, 0) is 6.18 Å². The molecular formula is C24H27F8N5O3S. The van der Waals surface area contributed by atoms with Crippen LogP contribution in [-0.4, -0.2) is 74.7 Å². The summed E-state index contributed by atoms with van der Waals surface area (Å²) < 4.78 is 110. The second-order valence-corrected chi connectivity index (χ2v) is 11.3. The zero-order valence-electron chi connectivity index (χ0n) is 22.2. The number of rotatable bonds is 8. The molecule has 8 nitrogen and oxygen atoms in total. The van der Waals surface area contributed by atoms with Crippen molar-refractivity contribution in [1.82, 2.24) is 20.2 Å². The number of pyridine rings is 1. The molecule has 2 amide bonds. The fourth-order valence-electron chi connectivity index (χ4n) is 4.08. The van der Waals surface area contributed by atoms with Gasteiger partial charge in [0.2, 0.25) is 0 Å². The zero-order chi connectivity index (χ0) is 31.1. The van der Waals surface area contributed by atoms with Gasteiger partial charge in [-0.2, -0.15) is 26.3 Å². The summed E-state index contributed by atoms with van der Waals surface area (Å²) >= 11 is 0.338. The van der Waals surface area contributed by atoms with Crippen molar-refractivity contribution < 1.29 is 49.8 Å². The predicted octanol–water partition coefficient (Wildman–Crippen LogP) is 5.35. The van der Waals surface area contributed by atoms with E-state index in [1.165, 1.54) is 27.7 Å². The van der Waals surface area contributed by atoms with Crippen molar-refractivity contribution in [2.24, 2.45) is 0 Å². The average Bonchev–Trinajstić information content (AvgIpc) is 3.38. The Bertz CT molecular complexity index is 1290. The van der Waals surface area contributed by atoms with Crippen LogP contribution in [0.1, 0.15) is 66.4 Å². The van der Waals surface area contributed by atoms with E-state index in [4.69, 9.17) is 0 Å². The van der Waals surface area contributed by atoms with Crippen molar-refractivity contribution in [3.05, 3.63) is 28.5 Å². The van der Waals surface area contributed by atoms with E-state index < -0.39 is 99.7 Å². The van der Waals surface area contributed by atoms with Gasteiger partial charge in [0.05, 0.1) is 22.6 Å². The molecule has 3 rings (SSSR count). The average molecular weight is 618 g/mol. The first-order chi connectivity index (χ1) is 18.6. The summed E-state index contributed by atoms with van der Waals surface area (Å²) in [6.07, 6.45) is -10.6. The number of alkyl halides is 8. The number of thiazole rings is 1. The minimum Gasteiger partial charge on any atom is -0.389 e. The summed E-state index contributed by atoms with van der Waals surface area (Å²) in [5.41, 5.74) is -4.40. The SMILES string of the molecule is CCC(Nc1cc(C(F)(F)F)c(-c2sc(C(=O)NCC(C)(C)O)nc2C(=O)N2CC(F)(F)C[C@@H]2C)cn1)C(F)(F)F. The molecule has 1 saturated heterocycles. The van der Waals surface area contributed by atoms with Gasteiger partial charge in [-0.1, -0.05) is 6.92 Å². The molecule has 0 aliphatic carbocycles. The zero-order valence-corrected chi connectivity index (χ0v) is 23.0. The lowest BCUT2D eigenvalue weighted by Gasteiger charge is -2.22. The number of carbonyl (C=O) groups is 2. The molecule has 0 saturated carbocycles. The number of amides is 2. The van der Waals surface area contributed by atoms with Gasteiger partial charge in [-0.15, -0.1) is 11.3 Å². The molecule has 2 aromatic rings. The van der Waals surface area contributed by atoms with Crippen LogP contribution in [0.2, 0.25) is 0 Å². The summed E-state index contributed by atoms with van der Waals surface area (Å²) in [7, 11) is 0. The van der Waals surface area contributed by atoms with E-state index in [0.29, 0.717) is 23.6 Å². The van der Waals surface area contributed by atoms with Crippen LogP contribution in [0.25, 0.3) is 10.4 Å². The minimum atomic E-state index is -5.17. The number of halogens is 8. The highest BCUT2D eigenvalue weighted by Crippen LogP contribution is 2.43. The maximum Gasteiger partial charge on any atom is 0.417 e. The Kier molecular flexibility index (Phi) is 8.94. The van der Waals surface area contributed by atoms with E-state index in [1.54, 1.807) is 0 Å². The van der Waals surface area contributed by atoms with E-state index >= 15 is 0 Å². The van der Waals surface area contributed by atoms with Crippen LogP contribution in [0, 0.1) is 0 Å². The van der Waals surface area contributed by atoms with Gasteiger partial charge in [0.15, 0.2) is 5.01 Å². The molecule has 17 heteroatoms. The Morgan fingerprint density at radius 3 is 2.34 bits per heavy atom. The Balaban J connectivity index is 2.15. The quantitative estimate of drug-likeness (QED) is 0.345. The molecule has 0 spiro atoms. The second kappa shape index (κ2) is 11.3. The Morgan fingerprint density at radius 1 is 1.22 bits per heavy atom. The fraction of sp³-hybridized carbons (Fsp3) is 0.583. The largest absolute Gasteiger partial charge is 0.417 e. The third kappa shape index (κ3) is 7.81. The first-order valence-electron chi connectivity index (χ1n) is 12.2. The van der Waals surface area contributed by atoms with Gasteiger partial charge < -0.3 is 20.6 Å². The Labute approximate surface area is 233 Å². The molecular weight excluding hydrogens is 590 g/mol. The number of aliphatic hydroxyl groups is 1.